The van der Waals surface area contributed by atoms with Gasteiger partial charge in [0.15, 0.2) is 0 Å². The molecule has 0 fully saturated rings. The molecule has 0 N–H and O–H groups in total. The number of esters is 1. The highest BCUT2D eigenvalue weighted by molar-refractivity contribution is 8.15. The summed E-state index contributed by atoms with van der Waals surface area (Å²) < 4.78 is 10.4. The summed E-state index contributed by atoms with van der Waals surface area (Å²) in [7, 11) is 1.31. The zero-order valence-electron chi connectivity index (χ0n) is 13.2. The molecule has 6 heteroatoms. The largest absolute Gasteiger partial charge is 0.494 e. The number of benzene rings is 1. The Hall–Kier alpha value is -2.08. The van der Waals surface area contributed by atoms with Crippen LogP contribution >= 0.6 is 11.8 Å². The SMILES string of the molecule is CCCCOc1ccc(/C=C(\C(=O)OC)C2=NC(=O)CS2)cc1. The molecule has 0 aromatic heterocycles. The van der Waals surface area contributed by atoms with E-state index >= 15 is 0 Å². The molecule has 0 atom stereocenters. The van der Waals surface area contributed by atoms with Gasteiger partial charge in [0.1, 0.15) is 10.8 Å². The summed E-state index contributed by atoms with van der Waals surface area (Å²) in [4.78, 5) is 27.1. The fourth-order valence-electron chi connectivity index (χ4n) is 1.93. The van der Waals surface area contributed by atoms with Gasteiger partial charge in [0.05, 0.1) is 25.0 Å². The van der Waals surface area contributed by atoms with E-state index in [1.165, 1.54) is 18.9 Å². The number of rotatable bonds is 7. The van der Waals surface area contributed by atoms with Crippen LogP contribution in [0.4, 0.5) is 0 Å². The van der Waals surface area contributed by atoms with E-state index in [1.807, 2.05) is 24.3 Å². The average molecular weight is 333 g/mol. The average Bonchev–Trinajstić information content (AvgIpc) is 2.99. The Bertz CT molecular complexity index is 634. The van der Waals surface area contributed by atoms with E-state index in [4.69, 9.17) is 9.47 Å². The number of nitrogens with zero attached hydrogens (tertiary/aromatic N) is 1. The summed E-state index contributed by atoms with van der Waals surface area (Å²) in [6.07, 6.45) is 3.77. The zero-order valence-corrected chi connectivity index (χ0v) is 14.0. The van der Waals surface area contributed by atoms with Crippen molar-refractivity contribution in [3.05, 3.63) is 35.4 Å². The predicted molar refractivity (Wildman–Crippen MR) is 91.7 cm³/mol. The topological polar surface area (TPSA) is 65.0 Å². The molecule has 1 aliphatic rings. The number of unbranched alkanes of at least 4 members (excludes halogenated alkanes) is 1. The molecule has 0 aliphatic carbocycles. The molecule has 1 heterocycles. The summed E-state index contributed by atoms with van der Waals surface area (Å²) in [5, 5.41) is 0.408. The van der Waals surface area contributed by atoms with Crippen molar-refractivity contribution < 1.29 is 19.1 Å². The summed E-state index contributed by atoms with van der Waals surface area (Å²) in [5.74, 6) is 0.306. The number of carbonyl (C=O) groups excluding carboxylic acids is 2. The highest BCUT2D eigenvalue weighted by Crippen LogP contribution is 2.23. The smallest absolute Gasteiger partial charge is 0.340 e. The van der Waals surface area contributed by atoms with Gasteiger partial charge >= 0.3 is 5.97 Å². The van der Waals surface area contributed by atoms with Crippen LogP contribution < -0.4 is 4.74 Å². The minimum absolute atomic E-state index is 0.237. The Labute approximate surface area is 139 Å². The van der Waals surface area contributed by atoms with Crippen LogP contribution in [0.2, 0.25) is 0 Å². The molecule has 0 unspecified atom stereocenters. The molecule has 0 spiro atoms. The molecule has 2 rings (SSSR count). The number of hydrogen-bond acceptors (Lipinski definition) is 5. The van der Waals surface area contributed by atoms with Gasteiger partial charge in [0.25, 0.3) is 5.91 Å². The highest BCUT2D eigenvalue weighted by atomic mass is 32.2. The Balaban J connectivity index is 2.17. The highest BCUT2D eigenvalue weighted by Gasteiger charge is 2.24. The van der Waals surface area contributed by atoms with Crippen molar-refractivity contribution >= 4 is 34.8 Å². The zero-order chi connectivity index (χ0) is 16.7. The Morgan fingerprint density at radius 2 is 2.09 bits per heavy atom. The molecular weight excluding hydrogens is 314 g/mol. The first-order chi connectivity index (χ1) is 11.1. The van der Waals surface area contributed by atoms with Crippen LogP contribution in [0, 0.1) is 0 Å². The van der Waals surface area contributed by atoms with Crippen molar-refractivity contribution in [1.29, 1.82) is 0 Å². The first-order valence-electron chi connectivity index (χ1n) is 7.41. The molecule has 23 heavy (non-hydrogen) atoms. The van der Waals surface area contributed by atoms with Gasteiger partial charge in [-0.2, -0.15) is 0 Å². The Kier molecular flexibility index (Phi) is 6.40. The van der Waals surface area contributed by atoms with E-state index < -0.39 is 5.97 Å². The van der Waals surface area contributed by atoms with E-state index in [0.717, 1.165) is 24.2 Å². The van der Waals surface area contributed by atoms with Gasteiger partial charge in [0.2, 0.25) is 0 Å². The lowest BCUT2D eigenvalue weighted by molar-refractivity contribution is -0.135. The molecule has 0 saturated carbocycles. The second-order valence-corrected chi connectivity index (χ2v) is 5.88. The first-order valence-corrected chi connectivity index (χ1v) is 8.40. The van der Waals surface area contributed by atoms with Crippen LogP contribution in [0.1, 0.15) is 25.3 Å². The van der Waals surface area contributed by atoms with E-state index in [-0.39, 0.29) is 11.7 Å². The standard InChI is InChI=1S/C17H19NO4S/c1-3-4-9-22-13-7-5-12(6-8-13)10-14(17(20)21-2)16-18-15(19)11-23-16/h5-8,10H,3-4,9,11H2,1-2H3/b14-10-. The van der Waals surface area contributed by atoms with Crippen molar-refractivity contribution in [1.82, 2.24) is 0 Å². The molecule has 1 aromatic carbocycles. The number of hydrogen-bond donors (Lipinski definition) is 0. The van der Waals surface area contributed by atoms with Gasteiger partial charge in [-0.3, -0.25) is 4.79 Å². The van der Waals surface area contributed by atoms with E-state index in [1.54, 1.807) is 6.08 Å². The fraction of sp³-hybridized carbons (Fsp3) is 0.353. The van der Waals surface area contributed by atoms with Crippen molar-refractivity contribution in [2.24, 2.45) is 4.99 Å². The molecule has 1 amide bonds. The number of aliphatic imine (C=N–C) groups is 1. The lowest BCUT2D eigenvalue weighted by atomic mass is 10.1. The number of carbonyl (C=O) groups is 2. The Morgan fingerprint density at radius 3 is 2.65 bits per heavy atom. The van der Waals surface area contributed by atoms with E-state index in [9.17, 15) is 9.59 Å². The first kappa shape index (κ1) is 17.3. The lowest BCUT2D eigenvalue weighted by Gasteiger charge is -2.07. The molecule has 0 saturated heterocycles. The van der Waals surface area contributed by atoms with Crippen LogP contribution in [0.5, 0.6) is 5.75 Å². The van der Waals surface area contributed by atoms with Gasteiger partial charge in [-0.1, -0.05) is 37.2 Å². The quantitative estimate of drug-likeness (QED) is 0.436. The monoisotopic (exact) mass is 333 g/mol. The van der Waals surface area contributed by atoms with Crippen LogP contribution in [0.25, 0.3) is 6.08 Å². The van der Waals surface area contributed by atoms with Crippen molar-refractivity contribution in [2.75, 3.05) is 19.5 Å². The summed E-state index contributed by atoms with van der Waals surface area (Å²) in [5.41, 5.74) is 1.11. The van der Waals surface area contributed by atoms with Crippen LogP contribution in [-0.2, 0) is 14.3 Å². The molecule has 1 aromatic rings. The maximum absolute atomic E-state index is 11.9. The van der Waals surface area contributed by atoms with Crippen LogP contribution in [-0.4, -0.2) is 36.4 Å². The number of methoxy groups -OCH3 is 1. The number of amides is 1. The molecule has 1 aliphatic heterocycles. The maximum Gasteiger partial charge on any atom is 0.340 e. The van der Waals surface area contributed by atoms with Crippen molar-refractivity contribution in [3.63, 3.8) is 0 Å². The molecular formula is C17H19NO4S. The number of thioether (sulfide) groups is 1. The summed E-state index contributed by atoms with van der Waals surface area (Å²) >= 11 is 1.24. The summed E-state index contributed by atoms with van der Waals surface area (Å²) in [6, 6.07) is 7.41. The minimum Gasteiger partial charge on any atom is -0.494 e. The minimum atomic E-state index is -0.505. The third kappa shape index (κ3) is 4.96. The molecule has 0 bridgehead atoms. The third-order valence-corrected chi connectivity index (χ3v) is 4.13. The van der Waals surface area contributed by atoms with E-state index in [2.05, 4.69) is 11.9 Å². The second kappa shape index (κ2) is 8.53. The van der Waals surface area contributed by atoms with Gasteiger partial charge in [0, 0.05) is 0 Å². The third-order valence-electron chi connectivity index (χ3n) is 3.15. The van der Waals surface area contributed by atoms with Gasteiger partial charge in [-0.25, -0.2) is 9.79 Å². The molecule has 122 valence electrons. The maximum atomic E-state index is 11.9. The van der Waals surface area contributed by atoms with Gasteiger partial charge in [-0.15, -0.1) is 0 Å². The predicted octanol–water partition coefficient (Wildman–Crippen LogP) is 3.09. The molecule has 0 radical (unpaired) electrons. The van der Waals surface area contributed by atoms with Crippen molar-refractivity contribution in [3.8, 4) is 5.75 Å². The Morgan fingerprint density at radius 1 is 1.35 bits per heavy atom. The normalized spacial score (nSPS) is 14.6. The second-order valence-electron chi connectivity index (χ2n) is 4.92. The van der Waals surface area contributed by atoms with Crippen molar-refractivity contribution in [2.45, 2.75) is 19.8 Å². The van der Waals surface area contributed by atoms with Crippen LogP contribution in [0.3, 0.4) is 0 Å². The fourth-order valence-corrected chi connectivity index (χ4v) is 2.71. The lowest BCUT2D eigenvalue weighted by Crippen LogP contribution is -2.11. The van der Waals surface area contributed by atoms with Crippen LogP contribution in [0.15, 0.2) is 34.8 Å². The van der Waals surface area contributed by atoms with E-state index in [0.29, 0.717) is 17.2 Å². The number of ether oxygens (including phenoxy) is 2. The summed E-state index contributed by atoms with van der Waals surface area (Å²) in [6.45, 7) is 2.80. The molecule has 5 nitrogen and oxygen atoms in total. The van der Waals surface area contributed by atoms with Gasteiger partial charge < -0.3 is 9.47 Å². The van der Waals surface area contributed by atoms with Gasteiger partial charge in [-0.05, 0) is 30.2 Å².